The van der Waals surface area contributed by atoms with Crippen LogP contribution in [0.2, 0.25) is 0 Å². The van der Waals surface area contributed by atoms with Gasteiger partial charge in [-0.15, -0.1) is 0 Å². The first-order valence-corrected chi connectivity index (χ1v) is 9.19. The first kappa shape index (κ1) is 16.7. The molecule has 3 aromatic carbocycles. The first-order valence-electron chi connectivity index (χ1n) is 9.19. The van der Waals surface area contributed by atoms with Gasteiger partial charge in [0.1, 0.15) is 6.07 Å². The number of rotatable bonds is 2. The fourth-order valence-corrected chi connectivity index (χ4v) is 3.84. The van der Waals surface area contributed by atoms with Gasteiger partial charge in [-0.05, 0) is 48.5 Å². The molecule has 0 saturated heterocycles. The Kier molecular flexibility index (Phi) is 3.83. The van der Waals surface area contributed by atoms with Gasteiger partial charge in [-0.25, -0.2) is 0 Å². The summed E-state index contributed by atoms with van der Waals surface area (Å²) in [5, 5.41) is 20.9. The smallest absolute Gasteiger partial charge is 0.101 e. The number of benzene rings is 3. The molecule has 0 saturated carbocycles. The second kappa shape index (κ2) is 6.64. The van der Waals surface area contributed by atoms with Crippen molar-refractivity contribution in [3.8, 4) is 29.1 Å². The van der Waals surface area contributed by atoms with Gasteiger partial charge in [-0.3, -0.25) is 4.98 Å². The molecule has 29 heavy (non-hydrogen) atoms. The maximum atomic E-state index is 9.44. The van der Waals surface area contributed by atoms with Crippen LogP contribution in [0.1, 0.15) is 11.1 Å². The van der Waals surface area contributed by atoms with Crippen LogP contribution in [0, 0.1) is 22.7 Å². The lowest BCUT2D eigenvalue weighted by Gasteiger charge is -2.10. The van der Waals surface area contributed by atoms with Crippen molar-refractivity contribution < 1.29 is 0 Å². The molecule has 0 N–H and O–H groups in total. The Morgan fingerprint density at radius 2 is 1.59 bits per heavy atom. The van der Waals surface area contributed by atoms with Gasteiger partial charge < -0.3 is 4.57 Å². The van der Waals surface area contributed by atoms with Crippen molar-refractivity contribution in [2.45, 2.75) is 0 Å². The monoisotopic (exact) mass is 370 g/mol. The highest BCUT2D eigenvalue weighted by Gasteiger charge is 2.14. The fourth-order valence-electron chi connectivity index (χ4n) is 3.84. The largest absolute Gasteiger partial charge is 0.309 e. The summed E-state index contributed by atoms with van der Waals surface area (Å²) in [6.07, 6.45) is 1.70. The van der Waals surface area contributed by atoms with Crippen LogP contribution in [-0.2, 0) is 0 Å². The lowest BCUT2D eigenvalue weighted by atomic mass is 10.1. The summed E-state index contributed by atoms with van der Waals surface area (Å²) in [6.45, 7) is 0. The van der Waals surface area contributed by atoms with E-state index in [0.717, 1.165) is 33.1 Å². The Morgan fingerprint density at radius 3 is 2.45 bits per heavy atom. The van der Waals surface area contributed by atoms with Crippen LogP contribution in [0.15, 0.2) is 85.1 Å². The Bertz CT molecular complexity index is 1480. The lowest BCUT2D eigenvalue weighted by molar-refractivity contribution is 1.18. The van der Waals surface area contributed by atoms with Crippen LogP contribution in [-0.4, -0.2) is 9.55 Å². The molecule has 2 aromatic heterocycles. The zero-order valence-electron chi connectivity index (χ0n) is 15.4. The van der Waals surface area contributed by atoms with E-state index in [0.29, 0.717) is 16.8 Å². The van der Waals surface area contributed by atoms with Gasteiger partial charge in [0.25, 0.3) is 0 Å². The average molecular weight is 370 g/mol. The second-order valence-electron chi connectivity index (χ2n) is 6.76. The summed E-state index contributed by atoms with van der Waals surface area (Å²) in [5.74, 6) is 0. The standard InChI is InChI=1S/C25H14N4/c26-15-17-10-11-24-22(13-17)21-8-1-2-9-23(21)29(24)20-7-3-5-18(14-20)25-19(16-27)6-4-12-28-25/h1-14H. The van der Waals surface area contributed by atoms with Crippen LogP contribution >= 0.6 is 0 Å². The zero-order chi connectivity index (χ0) is 19.8. The third-order valence-corrected chi connectivity index (χ3v) is 5.11. The van der Waals surface area contributed by atoms with E-state index in [4.69, 9.17) is 0 Å². The molecule has 0 amide bonds. The maximum Gasteiger partial charge on any atom is 0.101 e. The van der Waals surface area contributed by atoms with Crippen molar-refractivity contribution in [1.29, 1.82) is 10.5 Å². The predicted octanol–water partition coefficient (Wildman–Crippen LogP) is 5.59. The van der Waals surface area contributed by atoms with E-state index in [2.05, 4.69) is 33.8 Å². The lowest BCUT2D eigenvalue weighted by Crippen LogP contribution is -1.95. The van der Waals surface area contributed by atoms with Gasteiger partial charge in [0.15, 0.2) is 0 Å². The van der Waals surface area contributed by atoms with Crippen LogP contribution in [0.4, 0.5) is 0 Å². The molecule has 0 fully saturated rings. The normalized spacial score (nSPS) is 10.7. The highest BCUT2D eigenvalue weighted by molar-refractivity contribution is 6.09. The molecule has 2 heterocycles. The Morgan fingerprint density at radius 1 is 0.724 bits per heavy atom. The number of pyridine rings is 1. The van der Waals surface area contributed by atoms with E-state index >= 15 is 0 Å². The Hall–Kier alpha value is -4.41. The minimum Gasteiger partial charge on any atom is -0.309 e. The van der Waals surface area contributed by atoms with Gasteiger partial charge in [0.05, 0.1) is 33.9 Å². The Balaban J connectivity index is 1.81. The summed E-state index contributed by atoms with van der Waals surface area (Å²) in [5.41, 5.74) is 5.82. The molecule has 0 aliphatic carbocycles. The van der Waals surface area contributed by atoms with Crippen LogP contribution in [0.25, 0.3) is 38.8 Å². The topological polar surface area (TPSA) is 65.4 Å². The maximum absolute atomic E-state index is 9.44. The van der Waals surface area contributed by atoms with E-state index in [1.807, 2.05) is 54.6 Å². The molecule has 5 rings (SSSR count). The molecule has 0 aliphatic heterocycles. The Labute approximate surface area is 167 Å². The second-order valence-corrected chi connectivity index (χ2v) is 6.76. The third-order valence-electron chi connectivity index (χ3n) is 5.11. The molecular formula is C25H14N4. The van der Waals surface area contributed by atoms with Crippen molar-refractivity contribution >= 4 is 21.8 Å². The van der Waals surface area contributed by atoms with Crippen molar-refractivity contribution in [1.82, 2.24) is 9.55 Å². The number of hydrogen-bond donors (Lipinski definition) is 0. The predicted molar refractivity (Wildman–Crippen MR) is 113 cm³/mol. The molecular weight excluding hydrogens is 356 g/mol. The fraction of sp³-hybridized carbons (Fsp3) is 0. The van der Waals surface area contributed by atoms with Crippen LogP contribution in [0.5, 0.6) is 0 Å². The molecule has 5 aromatic rings. The molecule has 134 valence electrons. The van der Waals surface area contributed by atoms with Crippen molar-refractivity contribution in [2.24, 2.45) is 0 Å². The number of aromatic nitrogens is 2. The van der Waals surface area contributed by atoms with Gasteiger partial charge >= 0.3 is 0 Å². The minimum absolute atomic E-state index is 0.547. The van der Waals surface area contributed by atoms with Crippen LogP contribution < -0.4 is 0 Å². The quantitative estimate of drug-likeness (QED) is 0.407. The molecule has 0 spiro atoms. The molecule has 4 heteroatoms. The van der Waals surface area contributed by atoms with E-state index in [-0.39, 0.29) is 0 Å². The summed E-state index contributed by atoms with van der Waals surface area (Å²) in [4.78, 5) is 4.42. The molecule has 0 aliphatic rings. The van der Waals surface area contributed by atoms with Gasteiger partial charge in [-0.1, -0.05) is 30.3 Å². The molecule has 0 radical (unpaired) electrons. The average Bonchev–Trinajstić information content (AvgIpc) is 3.12. The number of nitriles is 2. The van der Waals surface area contributed by atoms with Crippen molar-refractivity contribution in [2.75, 3.05) is 0 Å². The molecule has 0 bridgehead atoms. The van der Waals surface area contributed by atoms with E-state index in [1.165, 1.54) is 0 Å². The number of para-hydroxylation sites is 1. The van der Waals surface area contributed by atoms with Gasteiger partial charge in [-0.2, -0.15) is 10.5 Å². The van der Waals surface area contributed by atoms with Crippen LogP contribution in [0.3, 0.4) is 0 Å². The number of fused-ring (bicyclic) bond motifs is 3. The SMILES string of the molecule is N#Cc1ccc2c(c1)c1ccccc1n2-c1cccc(-c2ncccc2C#N)c1. The number of nitrogens with zero attached hydrogens (tertiary/aromatic N) is 4. The summed E-state index contributed by atoms with van der Waals surface area (Å²) < 4.78 is 2.18. The molecule has 0 atom stereocenters. The van der Waals surface area contributed by atoms with Crippen molar-refractivity contribution in [3.63, 3.8) is 0 Å². The zero-order valence-corrected chi connectivity index (χ0v) is 15.4. The highest BCUT2D eigenvalue weighted by Crippen LogP contribution is 2.33. The summed E-state index contributed by atoms with van der Waals surface area (Å²) in [6, 6.07) is 30.0. The van der Waals surface area contributed by atoms with Gasteiger partial charge in [0, 0.05) is 28.2 Å². The molecule has 4 nitrogen and oxygen atoms in total. The highest BCUT2D eigenvalue weighted by atomic mass is 15.0. The number of hydrogen-bond acceptors (Lipinski definition) is 3. The van der Waals surface area contributed by atoms with E-state index in [9.17, 15) is 10.5 Å². The third kappa shape index (κ3) is 2.64. The van der Waals surface area contributed by atoms with E-state index in [1.54, 1.807) is 18.3 Å². The summed E-state index contributed by atoms with van der Waals surface area (Å²) in [7, 11) is 0. The summed E-state index contributed by atoms with van der Waals surface area (Å²) >= 11 is 0. The van der Waals surface area contributed by atoms with Gasteiger partial charge in [0.2, 0.25) is 0 Å². The van der Waals surface area contributed by atoms with E-state index < -0.39 is 0 Å². The molecule has 0 unspecified atom stereocenters. The first-order chi connectivity index (χ1) is 14.3. The van der Waals surface area contributed by atoms with Crippen molar-refractivity contribution in [3.05, 3.63) is 96.2 Å². The minimum atomic E-state index is 0.547.